The molecular weight excluding hydrogens is 571 g/mol. The normalized spacial score (nSPS) is 13.3. The average Bonchev–Trinajstić information content (AvgIpc) is 3.10. The summed E-state index contributed by atoms with van der Waals surface area (Å²) in [4.78, 5) is 0. The Kier molecular flexibility index (Phi) is 21.1. The second-order valence-corrected chi connectivity index (χ2v) is 12.2. The first-order valence-corrected chi connectivity index (χ1v) is 18.0. The van der Waals surface area contributed by atoms with Gasteiger partial charge >= 0.3 is 7.12 Å². The van der Waals surface area contributed by atoms with Gasteiger partial charge in [-0.15, -0.1) is 0 Å². The first-order chi connectivity index (χ1) is 22.7. The Bertz CT molecular complexity index is 1300. The molecule has 0 heterocycles. The van der Waals surface area contributed by atoms with E-state index in [0.29, 0.717) is 0 Å². The molecule has 47 heavy (non-hydrogen) atoms. The molecule has 1 aliphatic carbocycles. The van der Waals surface area contributed by atoms with E-state index in [2.05, 4.69) is 164 Å². The van der Waals surface area contributed by atoms with Crippen molar-refractivity contribution < 1.29 is 9.31 Å². The lowest BCUT2D eigenvalue weighted by Gasteiger charge is -2.28. The van der Waals surface area contributed by atoms with Crippen LogP contribution in [-0.4, -0.2) is 18.8 Å². The minimum Gasteiger partial charge on any atom is -0.405 e. The van der Waals surface area contributed by atoms with Crippen LogP contribution in [0, 0.1) is 0 Å². The van der Waals surface area contributed by atoms with Crippen LogP contribution >= 0.6 is 0 Å². The minimum absolute atomic E-state index is 0.147. The lowest BCUT2D eigenvalue weighted by molar-refractivity contribution is 0.0678. The second-order valence-electron chi connectivity index (χ2n) is 12.2. The zero-order valence-electron chi connectivity index (χ0n) is 31.5. The number of hydrogen-bond acceptors (Lipinski definition) is 2. The summed E-state index contributed by atoms with van der Waals surface area (Å²) in [6.07, 6.45) is 18.5. The maximum atomic E-state index is 6.28. The predicted molar refractivity (Wildman–Crippen MR) is 211 cm³/mol. The standard InChI is InChI=1S/C33H41BO2.C7H10.2C2H6/c1-7-26(3)35-34(36-33(4,5)6)32(8-2)22-16-15-17-27-23-30(28-18-11-9-12-19-28)25-31(24-27)29-20-13-10-14-21-29;1-7-5-3-2-4-6-7;2*1-2/h9-16,18-26H,7-8,17H2,1-6H3;3,5-6H,2,4H2,1H3;2*1-2H3/b16-15-,32-22+;;;. The molecule has 3 aromatic carbocycles. The van der Waals surface area contributed by atoms with Crippen molar-refractivity contribution in [3.8, 4) is 22.3 Å². The van der Waals surface area contributed by atoms with Crippen molar-refractivity contribution in [2.45, 2.75) is 120 Å². The molecule has 4 rings (SSSR count). The van der Waals surface area contributed by atoms with Gasteiger partial charge in [0.05, 0.1) is 0 Å². The van der Waals surface area contributed by atoms with Gasteiger partial charge in [0, 0.05) is 11.7 Å². The summed E-state index contributed by atoms with van der Waals surface area (Å²) in [6, 6.07) is 28.1. The van der Waals surface area contributed by atoms with Crippen molar-refractivity contribution in [2.24, 2.45) is 0 Å². The molecule has 3 aromatic rings. The molecule has 0 fully saturated rings. The van der Waals surface area contributed by atoms with Gasteiger partial charge in [0.2, 0.25) is 0 Å². The Balaban J connectivity index is 0.000000863. The highest BCUT2D eigenvalue weighted by molar-refractivity contribution is 6.53. The number of rotatable bonds is 11. The summed E-state index contributed by atoms with van der Waals surface area (Å²) in [5.74, 6) is 0. The van der Waals surface area contributed by atoms with E-state index in [-0.39, 0.29) is 18.8 Å². The molecule has 2 nitrogen and oxygen atoms in total. The van der Waals surface area contributed by atoms with Crippen LogP contribution in [0.25, 0.3) is 22.3 Å². The summed E-state index contributed by atoms with van der Waals surface area (Å²) in [5, 5.41) is 0. The molecule has 0 saturated heterocycles. The van der Waals surface area contributed by atoms with Crippen LogP contribution in [0.2, 0.25) is 0 Å². The monoisotopic (exact) mass is 634 g/mol. The summed E-state index contributed by atoms with van der Waals surface area (Å²) < 4.78 is 12.5. The van der Waals surface area contributed by atoms with Crippen LogP contribution in [0.15, 0.2) is 126 Å². The fourth-order valence-electron chi connectivity index (χ4n) is 4.73. The molecule has 254 valence electrons. The Morgan fingerprint density at radius 3 is 1.77 bits per heavy atom. The topological polar surface area (TPSA) is 18.5 Å². The molecule has 0 aliphatic heterocycles. The van der Waals surface area contributed by atoms with E-state index in [0.717, 1.165) is 24.7 Å². The van der Waals surface area contributed by atoms with E-state index < -0.39 is 0 Å². The van der Waals surface area contributed by atoms with E-state index in [1.807, 2.05) is 27.7 Å². The second kappa shape index (κ2) is 23.9. The SMILES string of the molecule is CC.CC.CC/C(=C\C=C/Cc1cc(-c2ccccc2)cc(-c2ccccc2)c1)B(OC(C)CC)OC(C)(C)C.CC1=CCCC=C1. The largest absolute Gasteiger partial charge is 0.490 e. The van der Waals surface area contributed by atoms with Gasteiger partial charge in [-0.3, -0.25) is 0 Å². The first kappa shape index (κ1) is 41.6. The number of hydrogen-bond donors (Lipinski definition) is 0. The maximum absolute atomic E-state index is 6.28. The summed E-state index contributed by atoms with van der Waals surface area (Å²) in [5.41, 5.74) is 8.53. The molecule has 1 aliphatic rings. The van der Waals surface area contributed by atoms with Crippen molar-refractivity contribution in [1.82, 2.24) is 0 Å². The van der Waals surface area contributed by atoms with Gasteiger partial charge in [0.25, 0.3) is 0 Å². The zero-order valence-corrected chi connectivity index (χ0v) is 31.5. The van der Waals surface area contributed by atoms with Crippen LogP contribution < -0.4 is 0 Å². The third kappa shape index (κ3) is 16.8. The number of benzene rings is 3. The van der Waals surface area contributed by atoms with Gasteiger partial charge in [-0.25, -0.2) is 0 Å². The Labute approximate surface area is 289 Å². The summed E-state index contributed by atoms with van der Waals surface area (Å²) >= 11 is 0. The van der Waals surface area contributed by atoms with Gasteiger partial charge in [-0.05, 0) is 106 Å². The molecule has 0 radical (unpaired) electrons. The van der Waals surface area contributed by atoms with Crippen molar-refractivity contribution >= 4 is 7.12 Å². The molecule has 3 heteroatoms. The van der Waals surface area contributed by atoms with Crippen molar-refractivity contribution in [3.05, 3.63) is 132 Å². The third-order valence-corrected chi connectivity index (χ3v) is 7.29. The van der Waals surface area contributed by atoms with Crippen LogP contribution in [0.3, 0.4) is 0 Å². The van der Waals surface area contributed by atoms with Gasteiger partial charge in [-0.2, -0.15) is 0 Å². The molecule has 1 unspecified atom stereocenters. The molecule has 0 amide bonds. The van der Waals surface area contributed by atoms with E-state index in [1.54, 1.807) is 0 Å². The van der Waals surface area contributed by atoms with Gasteiger partial charge in [-0.1, -0.05) is 156 Å². The summed E-state index contributed by atoms with van der Waals surface area (Å²) in [6.45, 7) is 22.8. The molecule has 0 aromatic heterocycles. The fraction of sp³-hybridized carbons (Fsp3) is 0.409. The van der Waals surface area contributed by atoms with E-state index in [4.69, 9.17) is 9.31 Å². The van der Waals surface area contributed by atoms with Crippen molar-refractivity contribution in [3.63, 3.8) is 0 Å². The third-order valence-electron chi connectivity index (χ3n) is 7.29. The van der Waals surface area contributed by atoms with Crippen molar-refractivity contribution in [2.75, 3.05) is 0 Å². The molecule has 1 atom stereocenters. The van der Waals surface area contributed by atoms with E-state index in [1.165, 1.54) is 46.2 Å². The van der Waals surface area contributed by atoms with Gasteiger partial charge < -0.3 is 9.31 Å². The molecule has 0 N–H and O–H groups in total. The van der Waals surface area contributed by atoms with Crippen molar-refractivity contribution in [1.29, 1.82) is 0 Å². The van der Waals surface area contributed by atoms with E-state index in [9.17, 15) is 0 Å². The Morgan fingerprint density at radius 2 is 1.36 bits per heavy atom. The highest BCUT2D eigenvalue weighted by atomic mass is 16.6. The van der Waals surface area contributed by atoms with Crippen LogP contribution in [-0.2, 0) is 15.7 Å². The van der Waals surface area contributed by atoms with Crippen LogP contribution in [0.5, 0.6) is 0 Å². The van der Waals surface area contributed by atoms with Crippen LogP contribution in [0.4, 0.5) is 0 Å². The van der Waals surface area contributed by atoms with Gasteiger partial charge in [0.1, 0.15) is 0 Å². The summed E-state index contributed by atoms with van der Waals surface area (Å²) in [7, 11) is -0.333. The Hall–Kier alpha value is -3.40. The van der Waals surface area contributed by atoms with Crippen LogP contribution in [0.1, 0.15) is 107 Å². The molecular formula is C44H63BO2. The Morgan fingerprint density at radius 1 is 0.809 bits per heavy atom. The molecule has 0 saturated carbocycles. The minimum atomic E-state index is -0.333. The average molecular weight is 635 g/mol. The predicted octanol–water partition coefficient (Wildman–Crippen LogP) is 13.4. The quantitative estimate of drug-likeness (QED) is 0.154. The number of allylic oxidation sites excluding steroid dienone is 8. The maximum Gasteiger partial charge on any atom is 0.490 e. The molecule has 0 spiro atoms. The highest BCUT2D eigenvalue weighted by Gasteiger charge is 2.29. The lowest BCUT2D eigenvalue weighted by Crippen LogP contribution is -2.37. The zero-order chi connectivity index (χ0) is 35.1. The van der Waals surface area contributed by atoms with Gasteiger partial charge in [0.15, 0.2) is 0 Å². The first-order valence-electron chi connectivity index (χ1n) is 18.0. The fourth-order valence-corrected chi connectivity index (χ4v) is 4.73. The lowest BCUT2D eigenvalue weighted by atomic mass is 9.74. The smallest absolute Gasteiger partial charge is 0.405 e. The highest BCUT2D eigenvalue weighted by Crippen LogP contribution is 2.29. The van der Waals surface area contributed by atoms with E-state index >= 15 is 0 Å². The molecule has 0 bridgehead atoms.